The third kappa shape index (κ3) is 8.62. The van der Waals surface area contributed by atoms with Gasteiger partial charge in [-0.25, -0.2) is 0 Å². The molecule has 23 heavy (non-hydrogen) atoms. The smallest absolute Gasteiger partial charge is 0.273 e. The van der Waals surface area contributed by atoms with Gasteiger partial charge in [0.05, 0.1) is 6.42 Å². The van der Waals surface area contributed by atoms with Crippen molar-refractivity contribution in [3.63, 3.8) is 0 Å². The standard InChI is InChI=1S/C16H29N2O5/c1-2-3-4-5-6-7-8-9-10-11-12-13-14-16(15-19,17(20)21)18(22)23/h2-14H2,1H3. The van der Waals surface area contributed by atoms with Crippen LogP contribution in [0.1, 0.15) is 90.4 Å². The van der Waals surface area contributed by atoms with Gasteiger partial charge >= 0.3 is 11.9 Å². The van der Waals surface area contributed by atoms with E-state index in [2.05, 4.69) is 6.92 Å². The molecule has 0 amide bonds. The maximum Gasteiger partial charge on any atom is 0.523 e. The van der Waals surface area contributed by atoms with Crippen LogP contribution in [0.2, 0.25) is 0 Å². The van der Waals surface area contributed by atoms with Crippen LogP contribution in [-0.2, 0) is 4.79 Å². The SMILES string of the molecule is CCCCCCCCCCCCCCC([C]=O)([N+](=O)[O-])[N+](=O)[O-]. The van der Waals surface area contributed by atoms with Gasteiger partial charge in [-0.15, -0.1) is 0 Å². The minimum Gasteiger partial charge on any atom is -0.273 e. The Kier molecular flexibility index (Phi) is 12.1. The van der Waals surface area contributed by atoms with Crippen LogP contribution < -0.4 is 0 Å². The van der Waals surface area contributed by atoms with E-state index in [-0.39, 0.29) is 6.42 Å². The van der Waals surface area contributed by atoms with E-state index < -0.39 is 15.5 Å². The van der Waals surface area contributed by atoms with Crippen LogP contribution >= 0.6 is 0 Å². The summed E-state index contributed by atoms with van der Waals surface area (Å²) in [4.78, 5) is 29.8. The molecule has 0 rings (SSSR count). The normalized spacial score (nSPS) is 11.3. The lowest BCUT2D eigenvalue weighted by molar-refractivity contribution is -0.772. The van der Waals surface area contributed by atoms with E-state index in [0.717, 1.165) is 25.5 Å². The van der Waals surface area contributed by atoms with Crippen LogP contribution in [0.3, 0.4) is 0 Å². The first-order valence-electron chi connectivity index (χ1n) is 8.69. The number of hydrogen-bond acceptors (Lipinski definition) is 5. The van der Waals surface area contributed by atoms with Crippen molar-refractivity contribution >= 4 is 6.29 Å². The lowest BCUT2D eigenvalue weighted by atomic mass is 10.0. The summed E-state index contributed by atoms with van der Waals surface area (Å²) in [6.45, 7) is 2.20. The molecule has 0 fully saturated rings. The Bertz CT molecular complexity index is 346. The molecule has 7 nitrogen and oxygen atoms in total. The molecule has 0 aromatic carbocycles. The highest BCUT2D eigenvalue weighted by molar-refractivity contribution is 5.59. The largest absolute Gasteiger partial charge is 0.523 e. The van der Waals surface area contributed by atoms with Crippen molar-refractivity contribution in [1.29, 1.82) is 0 Å². The van der Waals surface area contributed by atoms with Gasteiger partial charge < -0.3 is 0 Å². The van der Waals surface area contributed by atoms with E-state index in [0.29, 0.717) is 12.8 Å². The Labute approximate surface area is 138 Å². The predicted molar refractivity (Wildman–Crippen MR) is 88.1 cm³/mol. The first-order valence-corrected chi connectivity index (χ1v) is 8.69. The van der Waals surface area contributed by atoms with E-state index in [4.69, 9.17) is 0 Å². The monoisotopic (exact) mass is 329 g/mol. The van der Waals surface area contributed by atoms with Gasteiger partial charge in [0.2, 0.25) is 0 Å². The highest BCUT2D eigenvalue weighted by atomic mass is 16.7. The van der Waals surface area contributed by atoms with Gasteiger partial charge in [-0.1, -0.05) is 77.6 Å². The zero-order valence-electron chi connectivity index (χ0n) is 14.1. The molecule has 0 atom stereocenters. The van der Waals surface area contributed by atoms with Gasteiger partial charge in [-0.2, -0.15) is 0 Å². The lowest BCUT2D eigenvalue weighted by Gasteiger charge is -2.09. The van der Waals surface area contributed by atoms with Crippen molar-refractivity contribution in [3.05, 3.63) is 20.2 Å². The zero-order chi connectivity index (χ0) is 17.6. The molecule has 0 spiro atoms. The van der Waals surface area contributed by atoms with Gasteiger partial charge in [0.25, 0.3) is 0 Å². The maximum atomic E-state index is 10.7. The molecule has 0 aliphatic carbocycles. The van der Waals surface area contributed by atoms with E-state index >= 15 is 0 Å². The van der Waals surface area contributed by atoms with Crippen LogP contribution in [0.4, 0.5) is 0 Å². The van der Waals surface area contributed by atoms with Crippen molar-refractivity contribution in [2.24, 2.45) is 0 Å². The summed E-state index contributed by atoms with van der Waals surface area (Å²) in [5.74, 6) is 0. The van der Waals surface area contributed by atoms with Crippen LogP contribution in [0, 0.1) is 20.2 Å². The first kappa shape index (κ1) is 21.5. The summed E-state index contributed by atoms with van der Waals surface area (Å²) >= 11 is 0. The van der Waals surface area contributed by atoms with Crippen molar-refractivity contribution in [3.8, 4) is 0 Å². The molecule has 133 valence electrons. The molecule has 0 unspecified atom stereocenters. The average molecular weight is 329 g/mol. The second-order valence-corrected chi connectivity index (χ2v) is 6.07. The number of unbranched alkanes of at least 4 members (excludes halogenated alkanes) is 11. The molecule has 0 saturated carbocycles. The topological polar surface area (TPSA) is 103 Å². The van der Waals surface area contributed by atoms with Crippen molar-refractivity contribution in [2.45, 2.75) is 96.1 Å². The van der Waals surface area contributed by atoms with E-state index in [9.17, 15) is 25.0 Å². The fraction of sp³-hybridized carbons (Fsp3) is 0.938. The highest BCUT2D eigenvalue weighted by Crippen LogP contribution is 2.19. The Hall–Kier alpha value is -1.53. The molecular weight excluding hydrogens is 300 g/mol. The highest BCUT2D eigenvalue weighted by Gasteiger charge is 2.57. The fourth-order valence-corrected chi connectivity index (χ4v) is 2.59. The number of hydrogen-bond donors (Lipinski definition) is 0. The number of nitro groups is 2. The van der Waals surface area contributed by atoms with Gasteiger partial charge in [0.15, 0.2) is 0 Å². The third-order valence-corrected chi connectivity index (χ3v) is 4.15. The second kappa shape index (κ2) is 13.0. The van der Waals surface area contributed by atoms with E-state index in [1.165, 1.54) is 44.9 Å². The minimum absolute atomic E-state index is 0.300. The number of rotatable bonds is 16. The molecule has 0 aliphatic heterocycles. The average Bonchev–Trinajstić information content (AvgIpc) is 2.51. The van der Waals surface area contributed by atoms with Crippen LogP contribution in [0.15, 0.2) is 0 Å². The molecule has 0 N–H and O–H groups in total. The van der Waals surface area contributed by atoms with Crippen molar-refractivity contribution in [1.82, 2.24) is 0 Å². The molecule has 0 saturated heterocycles. The van der Waals surface area contributed by atoms with Crippen LogP contribution in [0.25, 0.3) is 0 Å². The molecule has 1 radical (unpaired) electrons. The summed E-state index contributed by atoms with van der Waals surface area (Å²) in [5.41, 5.74) is -2.78. The molecule has 0 heterocycles. The van der Waals surface area contributed by atoms with Gasteiger partial charge in [-0.3, -0.25) is 25.0 Å². The van der Waals surface area contributed by atoms with Gasteiger partial charge in [-0.05, 0) is 6.42 Å². The Morgan fingerprint density at radius 2 is 1.09 bits per heavy atom. The molecule has 0 aromatic rings. The van der Waals surface area contributed by atoms with Crippen LogP contribution in [-0.4, -0.2) is 21.8 Å². The Morgan fingerprint density at radius 3 is 1.39 bits per heavy atom. The Morgan fingerprint density at radius 1 is 0.739 bits per heavy atom. The molecular formula is C16H29N2O5. The van der Waals surface area contributed by atoms with Crippen molar-refractivity contribution < 1.29 is 14.6 Å². The summed E-state index contributed by atoms with van der Waals surface area (Å²) in [6.07, 6.45) is 13.6. The summed E-state index contributed by atoms with van der Waals surface area (Å²) in [5, 5.41) is 21.5. The quantitative estimate of drug-likeness (QED) is 0.180. The Balaban J connectivity index is 3.63. The first-order chi connectivity index (χ1) is 11.0. The molecule has 0 aliphatic rings. The van der Waals surface area contributed by atoms with E-state index in [1.807, 2.05) is 0 Å². The fourth-order valence-electron chi connectivity index (χ4n) is 2.59. The second-order valence-electron chi connectivity index (χ2n) is 6.07. The third-order valence-electron chi connectivity index (χ3n) is 4.15. The van der Waals surface area contributed by atoms with E-state index in [1.54, 1.807) is 0 Å². The summed E-state index contributed by atoms with van der Waals surface area (Å²) < 4.78 is 0. The van der Waals surface area contributed by atoms with Crippen LogP contribution in [0.5, 0.6) is 0 Å². The van der Waals surface area contributed by atoms with Crippen molar-refractivity contribution in [2.75, 3.05) is 0 Å². The van der Waals surface area contributed by atoms with Gasteiger partial charge in [0.1, 0.15) is 9.85 Å². The lowest BCUT2D eigenvalue weighted by Crippen LogP contribution is -2.47. The summed E-state index contributed by atoms with van der Waals surface area (Å²) in [7, 11) is 0. The molecule has 0 aromatic heterocycles. The maximum absolute atomic E-state index is 10.7. The zero-order valence-corrected chi connectivity index (χ0v) is 14.1. The van der Waals surface area contributed by atoms with Gasteiger partial charge in [0, 0.05) is 0 Å². The predicted octanol–water partition coefficient (Wildman–Crippen LogP) is 4.44. The minimum atomic E-state index is -2.78. The number of carbonyl (C=O) groups excluding carboxylic acids is 1. The molecule has 0 bridgehead atoms. The molecule has 7 heteroatoms. The summed E-state index contributed by atoms with van der Waals surface area (Å²) in [6, 6.07) is 0. The number of nitrogens with zero attached hydrogens (tertiary/aromatic N) is 2.